The molecule has 0 amide bonds. The van der Waals surface area contributed by atoms with E-state index in [0.29, 0.717) is 0 Å². The molecule has 88 valence electrons. The smallest absolute Gasteiger partial charge is 0.354 e. The van der Waals surface area contributed by atoms with Gasteiger partial charge in [-0.2, -0.15) is 0 Å². The maximum absolute atomic E-state index is 11.3. The predicted octanol–water partition coefficient (Wildman–Crippen LogP) is -0.348. The van der Waals surface area contributed by atoms with Crippen LogP contribution in [0.3, 0.4) is 0 Å². The molecule has 0 fully saturated rings. The number of carbonyl (C=O) groups excluding carboxylic acids is 2. The summed E-state index contributed by atoms with van der Waals surface area (Å²) in [6.07, 6.45) is 0. The molecule has 1 heterocycles. The van der Waals surface area contributed by atoms with Crippen LogP contribution in [0.4, 0.5) is 22.7 Å². The molecule has 0 radical (unpaired) electrons. The van der Waals surface area contributed by atoms with Gasteiger partial charge in [-0.1, -0.05) is 0 Å². The number of carbonyl (C=O) groups is 2. The van der Waals surface area contributed by atoms with Crippen LogP contribution in [-0.2, 0) is 4.74 Å². The molecule has 2 rings (SSSR count). The number of rotatable bonds is 1. The topological polar surface area (TPSA) is 165 Å². The van der Waals surface area contributed by atoms with Gasteiger partial charge in [0.25, 0.3) is 0 Å². The molecule has 17 heavy (non-hydrogen) atoms. The van der Waals surface area contributed by atoms with E-state index < -0.39 is 39.4 Å². The van der Waals surface area contributed by atoms with Gasteiger partial charge in [-0.3, -0.25) is 10.1 Å². The summed E-state index contributed by atoms with van der Waals surface area (Å²) >= 11 is 0. The molecule has 0 atom stereocenters. The molecule has 0 saturated heterocycles. The molecule has 1 aliphatic heterocycles. The van der Waals surface area contributed by atoms with Crippen LogP contribution in [0, 0.1) is 10.1 Å². The number of nitro groups is 1. The van der Waals surface area contributed by atoms with E-state index >= 15 is 0 Å². The van der Waals surface area contributed by atoms with Crippen molar-refractivity contribution in [1.82, 2.24) is 0 Å². The van der Waals surface area contributed by atoms with Crippen LogP contribution in [0.1, 0.15) is 20.7 Å². The monoisotopic (exact) mass is 238 g/mol. The first kappa shape index (κ1) is 10.7. The van der Waals surface area contributed by atoms with Crippen LogP contribution in [0.25, 0.3) is 0 Å². The Labute approximate surface area is 93.3 Å². The van der Waals surface area contributed by atoms with Crippen molar-refractivity contribution in [2.45, 2.75) is 0 Å². The van der Waals surface area contributed by atoms with E-state index in [0.717, 1.165) is 0 Å². The van der Waals surface area contributed by atoms with Gasteiger partial charge in [0.1, 0.15) is 11.3 Å². The van der Waals surface area contributed by atoms with Crippen molar-refractivity contribution in [3.05, 3.63) is 21.2 Å². The Morgan fingerprint density at radius 2 is 1.47 bits per heavy atom. The van der Waals surface area contributed by atoms with Crippen LogP contribution < -0.4 is 17.2 Å². The van der Waals surface area contributed by atoms with Gasteiger partial charge in [-0.15, -0.1) is 0 Å². The predicted molar refractivity (Wildman–Crippen MR) is 56.1 cm³/mol. The van der Waals surface area contributed by atoms with Gasteiger partial charge in [-0.05, 0) is 0 Å². The van der Waals surface area contributed by atoms with Gasteiger partial charge in [0.2, 0.25) is 0 Å². The number of hydrogen-bond donors (Lipinski definition) is 3. The lowest BCUT2D eigenvalue weighted by Crippen LogP contribution is -2.11. The Kier molecular flexibility index (Phi) is 1.93. The zero-order valence-corrected chi connectivity index (χ0v) is 8.22. The fourth-order valence-electron chi connectivity index (χ4n) is 1.58. The molecular weight excluding hydrogens is 232 g/mol. The second-order valence-electron chi connectivity index (χ2n) is 3.27. The SMILES string of the molecule is Nc1c(N)c2c(c([N+](=O)[O-])c1N)C(=O)OC2=O. The largest absolute Gasteiger partial charge is 0.396 e. The summed E-state index contributed by atoms with van der Waals surface area (Å²) < 4.78 is 4.24. The number of cyclic esters (lactones) is 2. The second-order valence-corrected chi connectivity index (χ2v) is 3.27. The standard InChI is InChI=1S/C8H6N4O5/c9-3-1-2(8(14)17-7(1)13)6(12(15)16)5(11)4(3)10/h9-11H2. The third kappa shape index (κ3) is 1.19. The maximum atomic E-state index is 11.3. The van der Waals surface area contributed by atoms with Crippen molar-refractivity contribution in [2.24, 2.45) is 0 Å². The lowest BCUT2D eigenvalue weighted by atomic mass is 10.0. The molecule has 0 spiro atoms. The van der Waals surface area contributed by atoms with Crippen molar-refractivity contribution < 1.29 is 19.2 Å². The summed E-state index contributed by atoms with van der Waals surface area (Å²) in [5.74, 6) is -2.23. The first-order chi connectivity index (χ1) is 7.86. The van der Waals surface area contributed by atoms with E-state index in [4.69, 9.17) is 17.2 Å². The number of esters is 2. The number of fused-ring (bicyclic) bond motifs is 1. The van der Waals surface area contributed by atoms with Crippen molar-refractivity contribution in [3.8, 4) is 0 Å². The molecule has 0 aliphatic carbocycles. The first-order valence-corrected chi connectivity index (χ1v) is 4.27. The minimum absolute atomic E-state index is 0.293. The fourth-order valence-corrected chi connectivity index (χ4v) is 1.58. The minimum atomic E-state index is -1.16. The number of nitro benzene ring substituents is 1. The quantitative estimate of drug-likeness (QED) is 0.196. The van der Waals surface area contributed by atoms with Crippen LogP contribution in [0.15, 0.2) is 0 Å². The molecule has 0 unspecified atom stereocenters. The Morgan fingerprint density at radius 3 is 2.00 bits per heavy atom. The van der Waals surface area contributed by atoms with Crippen LogP contribution in [0.5, 0.6) is 0 Å². The van der Waals surface area contributed by atoms with E-state index in [9.17, 15) is 19.7 Å². The Balaban J connectivity index is 2.97. The van der Waals surface area contributed by atoms with Gasteiger partial charge in [-0.25, -0.2) is 9.59 Å². The van der Waals surface area contributed by atoms with E-state index in [1.54, 1.807) is 0 Å². The van der Waals surface area contributed by atoms with Crippen molar-refractivity contribution in [2.75, 3.05) is 17.2 Å². The Hall–Kier alpha value is -2.84. The summed E-state index contributed by atoms with van der Waals surface area (Å²) in [4.78, 5) is 32.5. The molecule has 0 aromatic heterocycles. The van der Waals surface area contributed by atoms with Gasteiger partial charge in [0.05, 0.1) is 16.3 Å². The molecule has 9 nitrogen and oxygen atoms in total. The van der Waals surface area contributed by atoms with Crippen molar-refractivity contribution in [1.29, 1.82) is 0 Å². The summed E-state index contributed by atoms with van der Waals surface area (Å²) in [6, 6.07) is 0. The van der Waals surface area contributed by atoms with E-state index in [1.165, 1.54) is 0 Å². The Morgan fingerprint density at radius 1 is 0.941 bits per heavy atom. The number of anilines is 3. The minimum Gasteiger partial charge on any atom is -0.396 e. The lowest BCUT2D eigenvalue weighted by molar-refractivity contribution is -0.384. The highest BCUT2D eigenvalue weighted by molar-refractivity contribution is 6.22. The highest BCUT2D eigenvalue weighted by atomic mass is 16.6. The van der Waals surface area contributed by atoms with E-state index in [-0.39, 0.29) is 11.4 Å². The third-order valence-electron chi connectivity index (χ3n) is 2.37. The number of benzene rings is 1. The van der Waals surface area contributed by atoms with Crippen LogP contribution >= 0.6 is 0 Å². The summed E-state index contributed by atoms with van der Waals surface area (Å²) in [5.41, 5.74) is 13.5. The first-order valence-electron chi connectivity index (χ1n) is 4.27. The third-order valence-corrected chi connectivity index (χ3v) is 2.37. The fraction of sp³-hybridized carbons (Fsp3) is 0. The van der Waals surface area contributed by atoms with Gasteiger partial charge >= 0.3 is 17.6 Å². The van der Waals surface area contributed by atoms with E-state index in [2.05, 4.69) is 4.74 Å². The number of hydrogen-bond acceptors (Lipinski definition) is 8. The van der Waals surface area contributed by atoms with Crippen molar-refractivity contribution >= 4 is 34.7 Å². The molecule has 0 bridgehead atoms. The number of nitrogens with two attached hydrogens (primary N) is 3. The van der Waals surface area contributed by atoms with Gasteiger partial charge in [0, 0.05) is 0 Å². The molecule has 1 aliphatic rings. The number of nitrogens with zero attached hydrogens (tertiary/aromatic N) is 1. The lowest BCUT2D eigenvalue weighted by Gasteiger charge is -2.07. The molecule has 1 aromatic carbocycles. The molecule has 1 aromatic rings. The van der Waals surface area contributed by atoms with Crippen molar-refractivity contribution in [3.63, 3.8) is 0 Å². The molecule has 6 N–H and O–H groups in total. The molecule has 0 saturated carbocycles. The highest BCUT2D eigenvalue weighted by Gasteiger charge is 2.42. The zero-order chi connectivity index (χ0) is 12.9. The zero-order valence-electron chi connectivity index (χ0n) is 8.22. The molecular formula is C8H6N4O5. The average Bonchev–Trinajstić information content (AvgIpc) is 2.51. The average molecular weight is 238 g/mol. The summed E-state index contributed by atoms with van der Waals surface area (Å²) in [6.45, 7) is 0. The van der Waals surface area contributed by atoms with Crippen LogP contribution in [0.2, 0.25) is 0 Å². The van der Waals surface area contributed by atoms with Crippen LogP contribution in [-0.4, -0.2) is 16.9 Å². The summed E-state index contributed by atoms with van der Waals surface area (Å²) in [5, 5.41) is 10.8. The second kappa shape index (κ2) is 3.07. The van der Waals surface area contributed by atoms with E-state index in [1.807, 2.05) is 0 Å². The van der Waals surface area contributed by atoms with Gasteiger partial charge in [0.15, 0.2) is 5.56 Å². The number of nitrogen functional groups attached to an aromatic ring is 3. The highest BCUT2D eigenvalue weighted by Crippen LogP contribution is 2.42. The van der Waals surface area contributed by atoms with Gasteiger partial charge < -0.3 is 21.9 Å². The Bertz CT molecular complexity index is 594. The normalized spacial score (nSPS) is 13.4. The number of ether oxygens (including phenoxy) is 1. The molecule has 9 heteroatoms. The summed E-state index contributed by atoms with van der Waals surface area (Å²) in [7, 11) is 0. The maximum Gasteiger partial charge on any atom is 0.354 e.